The van der Waals surface area contributed by atoms with Gasteiger partial charge in [0.1, 0.15) is 11.6 Å². The molecule has 2 aromatic carbocycles. The normalized spacial score (nSPS) is 16.4. The summed E-state index contributed by atoms with van der Waals surface area (Å²) in [6.07, 6.45) is 3.41. The van der Waals surface area contributed by atoms with Crippen LogP contribution in [0.5, 0.6) is 11.6 Å². The molecule has 0 radical (unpaired) electrons. The molecule has 3 heterocycles. The van der Waals surface area contributed by atoms with Crippen LogP contribution in [0.1, 0.15) is 40.7 Å². The molecule has 2 aromatic heterocycles. The first-order valence-electron chi connectivity index (χ1n) is 11.1. The van der Waals surface area contributed by atoms with E-state index in [1.165, 1.54) is 16.9 Å². The minimum atomic E-state index is -0.0348. The van der Waals surface area contributed by atoms with Crippen molar-refractivity contribution in [1.29, 1.82) is 0 Å². The van der Waals surface area contributed by atoms with Gasteiger partial charge in [-0.3, -0.25) is 4.90 Å². The van der Waals surface area contributed by atoms with Gasteiger partial charge in [-0.15, -0.1) is 5.10 Å². The van der Waals surface area contributed by atoms with E-state index in [2.05, 4.69) is 57.4 Å². The molecule has 0 unspecified atom stereocenters. The third kappa shape index (κ3) is 4.10. The van der Waals surface area contributed by atoms with Crippen molar-refractivity contribution in [2.75, 3.05) is 20.2 Å². The van der Waals surface area contributed by atoms with E-state index >= 15 is 0 Å². The van der Waals surface area contributed by atoms with Gasteiger partial charge < -0.3 is 9.84 Å². The molecule has 7 heteroatoms. The van der Waals surface area contributed by atoms with E-state index in [4.69, 9.17) is 4.74 Å². The Labute approximate surface area is 192 Å². The highest BCUT2D eigenvalue weighted by molar-refractivity contribution is 7.17. The largest absolute Gasteiger partial charge is 0.497 e. The summed E-state index contributed by atoms with van der Waals surface area (Å²) in [6, 6.07) is 18.9. The first kappa shape index (κ1) is 21.0. The van der Waals surface area contributed by atoms with Crippen LogP contribution in [-0.2, 0) is 6.42 Å². The van der Waals surface area contributed by atoms with Crippen molar-refractivity contribution in [2.45, 2.75) is 32.2 Å². The van der Waals surface area contributed by atoms with Crippen molar-refractivity contribution in [1.82, 2.24) is 19.5 Å². The van der Waals surface area contributed by atoms with Gasteiger partial charge in [-0.2, -0.15) is 4.52 Å². The van der Waals surface area contributed by atoms with Crippen LogP contribution in [0.15, 0.2) is 54.6 Å². The molecule has 166 valence electrons. The number of benzene rings is 2. The molecule has 0 amide bonds. The van der Waals surface area contributed by atoms with Crippen LogP contribution in [0.4, 0.5) is 0 Å². The number of hydrogen-bond donors (Lipinski definition) is 1. The van der Waals surface area contributed by atoms with Crippen molar-refractivity contribution in [3.8, 4) is 11.6 Å². The van der Waals surface area contributed by atoms with E-state index in [-0.39, 0.29) is 11.9 Å². The summed E-state index contributed by atoms with van der Waals surface area (Å²) < 4.78 is 6.92. The molecule has 1 atom stereocenters. The summed E-state index contributed by atoms with van der Waals surface area (Å²) in [6.45, 7) is 3.82. The number of ether oxygens (including phenoxy) is 1. The summed E-state index contributed by atoms with van der Waals surface area (Å²) in [5.41, 5.74) is 2.56. The fourth-order valence-electron chi connectivity index (χ4n) is 4.70. The van der Waals surface area contributed by atoms with Crippen molar-refractivity contribution in [2.24, 2.45) is 5.92 Å². The molecule has 0 aliphatic carbocycles. The summed E-state index contributed by atoms with van der Waals surface area (Å²) in [7, 11) is 1.68. The van der Waals surface area contributed by atoms with Gasteiger partial charge in [0.15, 0.2) is 0 Å². The fourth-order valence-corrected chi connectivity index (χ4v) is 5.87. The minimum Gasteiger partial charge on any atom is -0.497 e. The molecule has 1 fully saturated rings. The third-order valence-corrected chi connectivity index (χ3v) is 7.44. The smallest absolute Gasteiger partial charge is 0.230 e. The Morgan fingerprint density at radius 1 is 1.09 bits per heavy atom. The average molecular weight is 449 g/mol. The number of thiazole rings is 1. The number of fused-ring (bicyclic) bond motifs is 1. The molecule has 1 N–H and O–H groups in total. The number of methoxy groups -OCH3 is 1. The minimum absolute atomic E-state index is 0.0348. The number of aromatic hydroxyl groups is 1. The molecule has 0 bridgehead atoms. The molecule has 0 spiro atoms. The molecule has 1 aliphatic heterocycles. The van der Waals surface area contributed by atoms with Crippen molar-refractivity contribution >= 4 is 16.3 Å². The van der Waals surface area contributed by atoms with Crippen molar-refractivity contribution < 1.29 is 9.84 Å². The standard InChI is InChI=1S/C25H28N4O2S/c1-17-26-25-29(27-17)24(30)23(32-25)22(20-8-10-21(31-2)11-9-20)28-14-12-19(13-15-28)16-18-6-4-3-5-7-18/h3-11,19,22,30H,12-16H2,1-2H3/t22-/m0/s1. The van der Waals surface area contributed by atoms with Gasteiger partial charge in [-0.1, -0.05) is 53.8 Å². The monoisotopic (exact) mass is 448 g/mol. The van der Waals surface area contributed by atoms with Crippen LogP contribution in [0.3, 0.4) is 0 Å². The maximum Gasteiger partial charge on any atom is 0.230 e. The second-order valence-corrected chi connectivity index (χ2v) is 9.50. The van der Waals surface area contributed by atoms with E-state index in [9.17, 15) is 5.11 Å². The molecular formula is C25H28N4O2S. The lowest BCUT2D eigenvalue weighted by Crippen LogP contribution is -2.37. The van der Waals surface area contributed by atoms with Gasteiger partial charge in [0.2, 0.25) is 10.8 Å². The molecule has 6 nitrogen and oxygen atoms in total. The topological polar surface area (TPSA) is 62.9 Å². The predicted octanol–water partition coefficient (Wildman–Crippen LogP) is 4.86. The Kier molecular flexibility index (Phi) is 5.85. The summed E-state index contributed by atoms with van der Waals surface area (Å²) >= 11 is 1.52. The van der Waals surface area contributed by atoms with Crippen molar-refractivity contribution in [3.05, 3.63) is 76.4 Å². The first-order chi connectivity index (χ1) is 15.6. The Bertz CT molecular complexity index is 1180. The van der Waals surface area contributed by atoms with Crippen LogP contribution in [0.25, 0.3) is 4.96 Å². The molecule has 1 aliphatic rings. The number of nitrogens with zero attached hydrogens (tertiary/aromatic N) is 4. The lowest BCUT2D eigenvalue weighted by molar-refractivity contribution is 0.150. The number of hydrogen-bond acceptors (Lipinski definition) is 6. The van der Waals surface area contributed by atoms with Crippen LogP contribution in [0.2, 0.25) is 0 Å². The maximum atomic E-state index is 11.0. The quantitative estimate of drug-likeness (QED) is 0.457. The zero-order valence-corrected chi connectivity index (χ0v) is 19.3. The van der Waals surface area contributed by atoms with Gasteiger partial charge >= 0.3 is 0 Å². The number of aryl methyl sites for hydroxylation is 1. The molecular weight excluding hydrogens is 420 g/mol. The van der Waals surface area contributed by atoms with Gasteiger partial charge in [-0.05, 0) is 68.5 Å². The Morgan fingerprint density at radius 3 is 2.47 bits per heavy atom. The average Bonchev–Trinajstić information content (AvgIpc) is 3.33. The first-order valence-corrected chi connectivity index (χ1v) is 11.9. The van der Waals surface area contributed by atoms with Crippen molar-refractivity contribution in [3.63, 3.8) is 0 Å². The van der Waals surface area contributed by atoms with Gasteiger partial charge in [0, 0.05) is 0 Å². The highest BCUT2D eigenvalue weighted by Gasteiger charge is 2.32. The van der Waals surface area contributed by atoms with E-state index in [1.807, 2.05) is 19.1 Å². The van der Waals surface area contributed by atoms with Gasteiger partial charge in [-0.25, -0.2) is 4.98 Å². The predicted molar refractivity (Wildman–Crippen MR) is 127 cm³/mol. The van der Waals surface area contributed by atoms with E-state index in [0.29, 0.717) is 11.7 Å². The second kappa shape index (κ2) is 8.92. The Hall–Kier alpha value is -2.90. The number of rotatable bonds is 6. The third-order valence-electron chi connectivity index (χ3n) is 6.37. The lowest BCUT2D eigenvalue weighted by Gasteiger charge is -2.37. The Balaban J connectivity index is 1.42. The van der Waals surface area contributed by atoms with Gasteiger partial charge in [0.25, 0.3) is 0 Å². The highest BCUT2D eigenvalue weighted by Crippen LogP contribution is 2.41. The Morgan fingerprint density at radius 2 is 1.81 bits per heavy atom. The molecule has 32 heavy (non-hydrogen) atoms. The van der Waals surface area contributed by atoms with Crippen LogP contribution >= 0.6 is 11.3 Å². The molecule has 0 saturated carbocycles. The van der Waals surface area contributed by atoms with E-state index < -0.39 is 0 Å². The molecule has 4 aromatic rings. The highest BCUT2D eigenvalue weighted by atomic mass is 32.1. The molecule has 5 rings (SSSR count). The summed E-state index contributed by atoms with van der Waals surface area (Å²) in [5.74, 6) is 2.37. The summed E-state index contributed by atoms with van der Waals surface area (Å²) in [5, 5.41) is 15.4. The van der Waals surface area contributed by atoms with E-state index in [1.54, 1.807) is 11.6 Å². The second-order valence-electron chi connectivity index (χ2n) is 8.49. The number of likely N-dealkylation sites (tertiary alicyclic amines) is 1. The lowest BCUT2D eigenvalue weighted by atomic mass is 9.89. The van der Waals surface area contributed by atoms with Gasteiger partial charge in [0.05, 0.1) is 18.0 Å². The summed E-state index contributed by atoms with van der Waals surface area (Å²) in [4.78, 5) is 8.59. The number of piperidine rings is 1. The zero-order chi connectivity index (χ0) is 22.1. The SMILES string of the molecule is COc1ccc([C@@H](c2sc3nc(C)nn3c2O)N2CCC(Cc3ccccc3)CC2)cc1. The number of aromatic nitrogens is 3. The fraction of sp³-hybridized carbons (Fsp3) is 0.360. The van der Waals surface area contributed by atoms with Crippen LogP contribution < -0.4 is 4.74 Å². The molecule has 1 saturated heterocycles. The van der Waals surface area contributed by atoms with E-state index in [0.717, 1.165) is 53.5 Å². The van der Waals surface area contributed by atoms with Crippen LogP contribution in [-0.4, -0.2) is 44.8 Å². The maximum absolute atomic E-state index is 11.0. The zero-order valence-electron chi connectivity index (χ0n) is 18.4. The van der Waals surface area contributed by atoms with Crippen LogP contribution in [0, 0.1) is 12.8 Å².